The zero-order chi connectivity index (χ0) is 14.4. The summed E-state index contributed by atoms with van der Waals surface area (Å²) in [5.41, 5.74) is 3.80. The number of hydrogen-bond acceptors (Lipinski definition) is 2. The first-order valence-corrected chi connectivity index (χ1v) is 7.53. The van der Waals surface area contributed by atoms with E-state index in [1.807, 2.05) is 6.07 Å². The van der Waals surface area contributed by atoms with Crippen molar-refractivity contribution in [1.82, 2.24) is 10.3 Å². The lowest BCUT2D eigenvalue weighted by molar-refractivity contribution is 0.549. The molecular weight excluding hydrogens is 268 g/mol. The van der Waals surface area contributed by atoms with Gasteiger partial charge in [0.25, 0.3) is 0 Å². The molecule has 1 aromatic carbocycles. The first-order chi connectivity index (χ1) is 9.74. The number of benzene rings is 1. The van der Waals surface area contributed by atoms with Gasteiger partial charge in [-0.25, -0.2) is 0 Å². The minimum absolute atomic E-state index is 0.283. The summed E-state index contributed by atoms with van der Waals surface area (Å²) >= 11 is 6.21. The standard InChI is InChI=1S/C17H21ClN2/c1-3-13-5-7-14(8-6-13)17(20-4-2)11-15-9-10-19-12-16(15)18/h5-10,12,17,20H,3-4,11H2,1-2H3. The Morgan fingerprint density at radius 1 is 1.15 bits per heavy atom. The summed E-state index contributed by atoms with van der Waals surface area (Å²) in [5.74, 6) is 0. The molecule has 1 N–H and O–H groups in total. The van der Waals surface area contributed by atoms with Crippen LogP contribution >= 0.6 is 11.6 Å². The summed E-state index contributed by atoms with van der Waals surface area (Å²) in [7, 11) is 0. The van der Waals surface area contributed by atoms with E-state index in [4.69, 9.17) is 11.6 Å². The lowest BCUT2D eigenvalue weighted by atomic mass is 9.98. The molecule has 2 nitrogen and oxygen atoms in total. The van der Waals surface area contributed by atoms with E-state index in [9.17, 15) is 0 Å². The summed E-state index contributed by atoms with van der Waals surface area (Å²) in [5, 5.41) is 4.27. The molecule has 0 aliphatic rings. The number of halogens is 1. The number of nitrogens with zero attached hydrogens (tertiary/aromatic N) is 1. The molecule has 0 radical (unpaired) electrons. The Kier molecular flexibility index (Phi) is 5.57. The molecule has 1 atom stereocenters. The minimum atomic E-state index is 0.283. The van der Waals surface area contributed by atoms with Crippen LogP contribution in [0.25, 0.3) is 0 Å². The maximum absolute atomic E-state index is 6.21. The van der Waals surface area contributed by atoms with Gasteiger partial charge in [-0.1, -0.05) is 49.7 Å². The van der Waals surface area contributed by atoms with Gasteiger partial charge in [0.05, 0.1) is 5.02 Å². The molecule has 106 valence electrons. The summed E-state index contributed by atoms with van der Waals surface area (Å²) in [6, 6.07) is 11.1. The number of aryl methyl sites for hydroxylation is 1. The van der Waals surface area contributed by atoms with Gasteiger partial charge in [0.1, 0.15) is 0 Å². The van der Waals surface area contributed by atoms with Gasteiger partial charge < -0.3 is 5.32 Å². The molecule has 0 saturated heterocycles. The Morgan fingerprint density at radius 2 is 1.90 bits per heavy atom. The number of aromatic nitrogens is 1. The molecule has 0 aliphatic carbocycles. The van der Waals surface area contributed by atoms with E-state index in [1.54, 1.807) is 12.4 Å². The molecular formula is C17H21ClN2. The normalized spacial score (nSPS) is 12.3. The van der Waals surface area contributed by atoms with Gasteiger partial charge in [0.2, 0.25) is 0 Å². The SMILES string of the molecule is CCNC(Cc1ccncc1Cl)c1ccc(CC)cc1. The van der Waals surface area contributed by atoms with Gasteiger partial charge in [-0.3, -0.25) is 4.98 Å². The van der Waals surface area contributed by atoms with Crippen molar-refractivity contribution in [3.63, 3.8) is 0 Å². The molecule has 2 aromatic rings. The van der Waals surface area contributed by atoms with Crippen LogP contribution in [0.3, 0.4) is 0 Å². The molecule has 1 unspecified atom stereocenters. The Labute approximate surface area is 126 Å². The molecule has 2 rings (SSSR count). The van der Waals surface area contributed by atoms with E-state index in [2.05, 4.69) is 48.4 Å². The lowest BCUT2D eigenvalue weighted by Gasteiger charge is -2.19. The van der Waals surface area contributed by atoms with Crippen LogP contribution in [0, 0.1) is 0 Å². The quantitative estimate of drug-likeness (QED) is 0.862. The number of rotatable bonds is 6. The zero-order valence-corrected chi connectivity index (χ0v) is 12.8. The van der Waals surface area contributed by atoms with Crippen LogP contribution in [-0.4, -0.2) is 11.5 Å². The van der Waals surface area contributed by atoms with Crippen LogP contribution in [0.5, 0.6) is 0 Å². The van der Waals surface area contributed by atoms with Crippen molar-refractivity contribution < 1.29 is 0 Å². The Balaban J connectivity index is 2.19. The largest absolute Gasteiger partial charge is 0.310 e. The molecule has 0 bridgehead atoms. The van der Waals surface area contributed by atoms with Gasteiger partial charge in [-0.05, 0) is 42.1 Å². The molecule has 3 heteroatoms. The van der Waals surface area contributed by atoms with Crippen LogP contribution in [0.2, 0.25) is 5.02 Å². The third kappa shape index (κ3) is 3.81. The number of likely N-dealkylation sites (N-methyl/N-ethyl adjacent to an activating group) is 1. The van der Waals surface area contributed by atoms with Crippen molar-refractivity contribution in [1.29, 1.82) is 0 Å². The topological polar surface area (TPSA) is 24.9 Å². The van der Waals surface area contributed by atoms with Crippen molar-refractivity contribution in [3.8, 4) is 0 Å². The van der Waals surface area contributed by atoms with Gasteiger partial charge in [0.15, 0.2) is 0 Å². The Bertz CT molecular complexity index is 537. The fourth-order valence-corrected chi connectivity index (χ4v) is 2.53. The maximum atomic E-state index is 6.21. The number of nitrogens with one attached hydrogen (secondary N) is 1. The predicted octanol–water partition coefficient (Wildman–Crippen LogP) is 4.19. The van der Waals surface area contributed by atoms with Gasteiger partial charge in [-0.15, -0.1) is 0 Å². The van der Waals surface area contributed by atoms with Crippen LogP contribution in [0.1, 0.15) is 36.6 Å². The molecule has 0 amide bonds. The highest BCUT2D eigenvalue weighted by molar-refractivity contribution is 6.31. The monoisotopic (exact) mass is 288 g/mol. The second-order valence-corrected chi connectivity index (χ2v) is 5.28. The van der Waals surface area contributed by atoms with E-state index in [0.717, 1.165) is 30.0 Å². The van der Waals surface area contributed by atoms with E-state index in [0.29, 0.717) is 0 Å². The second-order valence-electron chi connectivity index (χ2n) is 4.88. The Morgan fingerprint density at radius 3 is 2.50 bits per heavy atom. The van der Waals surface area contributed by atoms with Crippen LogP contribution in [-0.2, 0) is 12.8 Å². The van der Waals surface area contributed by atoms with Crippen molar-refractivity contribution in [2.24, 2.45) is 0 Å². The fraction of sp³-hybridized carbons (Fsp3) is 0.353. The average molecular weight is 289 g/mol. The van der Waals surface area contributed by atoms with Crippen molar-refractivity contribution in [3.05, 3.63) is 64.4 Å². The third-order valence-corrected chi connectivity index (χ3v) is 3.86. The van der Waals surface area contributed by atoms with Crippen molar-refractivity contribution in [2.75, 3.05) is 6.54 Å². The van der Waals surface area contributed by atoms with Gasteiger partial charge in [0, 0.05) is 18.4 Å². The second kappa shape index (κ2) is 7.41. The minimum Gasteiger partial charge on any atom is -0.310 e. The predicted molar refractivity (Wildman–Crippen MR) is 85.2 cm³/mol. The first kappa shape index (κ1) is 15.0. The highest BCUT2D eigenvalue weighted by atomic mass is 35.5. The average Bonchev–Trinajstić information content (AvgIpc) is 2.49. The summed E-state index contributed by atoms with van der Waals surface area (Å²) in [6.45, 7) is 5.23. The molecule has 0 fully saturated rings. The molecule has 1 heterocycles. The smallest absolute Gasteiger partial charge is 0.0622 e. The lowest BCUT2D eigenvalue weighted by Crippen LogP contribution is -2.23. The number of pyridine rings is 1. The summed E-state index contributed by atoms with van der Waals surface area (Å²) in [6.07, 6.45) is 5.45. The van der Waals surface area contributed by atoms with Crippen LogP contribution in [0.15, 0.2) is 42.7 Å². The fourth-order valence-electron chi connectivity index (χ4n) is 2.33. The molecule has 1 aromatic heterocycles. The van der Waals surface area contributed by atoms with E-state index < -0.39 is 0 Å². The van der Waals surface area contributed by atoms with Crippen molar-refractivity contribution in [2.45, 2.75) is 32.7 Å². The van der Waals surface area contributed by atoms with Crippen LogP contribution in [0.4, 0.5) is 0 Å². The zero-order valence-electron chi connectivity index (χ0n) is 12.1. The molecule has 0 spiro atoms. The first-order valence-electron chi connectivity index (χ1n) is 7.15. The summed E-state index contributed by atoms with van der Waals surface area (Å²) in [4.78, 5) is 4.04. The van der Waals surface area contributed by atoms with E-state index >= 15 is 0 Å². The molecule has 20 heavy (non-hydrogen) atoms. The van der Waals surface area contributed by atoms with Crippen molar-refractivity contribution >= 4 is 11.6 Å². The van der Waals surface area contributed by atoms with Gasteiger partial charge >= 0.3 is 0 Å². The maximum Gasteiger partial charge on any atom is 0.0622 e. The van der Waals surface area contributed by atoms with E-state index in [-0.39, 0.29) is 6.04 Å². The number of hydrogen-bond donors (Lipinski definition) is 1. The molecule has 0 aliphatic heterocycles. The summed E-state index contributed by atoms with van der Waals surface area (Å²) < 4.78 is 0. The highest BCUT2D eigenvalue weighted by Crippen LogP contribution is 2.23. The Hall–Kier alpha value is -1.38. The van der Waals surface area contributed by atoms with Crippen LogP contribution < -0.4 is 5.32 Å². The van der Waals surface area contributed by atoms with E-state index in [1.165, 1.54) is 11.1 Å². The third-order valence-electron chi connectivity index (χ3n) is 3.52. The van der Waals surface area contributed by atoms with Gasteiger partial charge in [-0.2, -0.15) is 0 Å². The highest BCUT2D eigenvalue weighted by Gasteiger charge is 2.13. The molecule has 0 saturated carbocycles.